The Morgan fingerprint density at radius 3 is 2.64 bits per heavy atom. The highest BCUT2D eigenvalue weighted by Crippen LogP contribution is 2.11. The Bertz CT molecular complexity index is 244. The van der Waals surface area contributed by atoms with E-state index in [1.807, 2.05) is 0 Å². The Morgan fingerprint density at radius 1 is 1.50 bits per heavy atom. The van der Waals surface area contributed by atoms with Crippen LogP contribution in [-0.4, -0.2) is 42.3 Å². The molecule has 0 bridgehead atoms. The largest absolute Gasteiger partial charge is 0.443 e. The molecule has 1 saturated heterocycles. The zero-order valence-electron chi connectivity index (χ0n) is 8.70. The van der Waals surface area contributed by atoms with E-state index in [1.54, 1.807) is 20.8 Å². The smallest absolute Gasteiger partial charge is 0.417 e. The summed E-state index contributed by atoms with van der Waals surface area (Å²) in [6.07, 6.45) is -0.592. The van der Waals surface area contributed by atoms with Crippen LogP contribution in [0.15, 0.2) is 0 Å². The van der Waals surface area contributed by atoms with Crippen molar-refractivity contribution in [3.05, 3.63) is 0 Å². The zero-order valence-corrected chi connectivity index (χ0v) is 8.70. The maximum atomic E-state index is 11.5. The second-order valence-corrected chi connectivity index (χ2v) is 4.08. The lowest BCUT2D eigenvalue weighted by atomic mass is 10.2. The van der Waals surface area contributed by atoms with Gasteiger partial charge in [-0.25, -0.2) is 9.69 Å². The monoisotopic (exact) mass is 201 g/mol. The molecule has 0 saturated carbocycles. The summed E-state index contributed by atoms with van der Waals surface area (Å²) in [5, 5.41) is 0. The van der Waals surface area contributed by atoms with Gasteiger partial charge in [-0.1, -0.05) is 0 Å². The van der Waals surface area contributed by atoms with Crippen molar-refractivity contribution < 1.29 is 19.1 Å². The standard InChI is InChI=1S/C9H15NO4/c1-9(2,3)14-8(12)10-4-5-13-6-7(10)11/h4-6H2,1-3H3. The summed E-state index contributed by atoms with van der Waals surface area (Å²) in [5.41, 5.74) is -0.574. The molecule has 80 valence electrons. The third kappa shape index (κ3) is 2.99. The number of carbonyl (C=O) groups is 2. The minimum Gasteiger partial charge on any atom is -0.443 e. The molecule has 1 heterocycles. The van der Waals surface area contributed by atoms with E-state index in [4.69, 9.17) is 9.47 Å². The van der Waals surface area contributed by atoms with E-state index in [2.05, 4.69) is 0 Å². The molecular weight excluding hydrogens is 186 g/mol. The van der Waals surface area contributed by atoms with Gasteiger partial charge in [-0.3, -0.25) is 4.79 Å². The van der Waals surface area contributed by atoms with Gasteiger partial charge in [-0.05, 0) is 20.8 Å². The van der Waals surface area contributed by atoms with E-state index >= 15 is 0 Å². The molecule has 1 aliphatic rings. The van der Waals surface area contributed by atoms with Crippen LogP contribution < -0.4 is 0 Å². The van der Waals surface area contributed by atoms with Gasteiger partial charge in [0, 0.05) is 0 Å². The molecule has 0 atom stereocenters. The van der Waals surface area contributed by atoms with Crippen LogP contribution in [0.1, 0.15) is 20.8 Å². The first kappa shape index (κ1) is 11.0. The van der Waals surface area contributed by atoms with Crippen molar-refractivity contribution in [2.45, 2.75) is 26.4 Å². The van der Waals surface area contributed by atoms with Crippen molar-refractivity contribution in [2.24, 2.45) is 0 Å². The Morgan fingerprint density at radius 2 is 2.14 bits per heavy atom. The normalized spacial score (nSPS) is 18.2. The van der Waals surface area contributed by atoms with Crippen LogP contribution in [0.3, 0.4) is 0 Å². The van der Waals surface area contributed by atoms with E-state index in [0.717, 1.165) is 4.90 Å². The summed E-state index contributed by atoms with van der Waals surface area (Å²) in [4.78, 5) is 23.8. The minimum atomic E-state index is -0.592. The van der Waals surface area contributed by atoms with E-state index in [0.29, 0.717) is 6.61 Å². The van der Waals surface area contributed by atoms with Gasteiger partial charge < -0.3 is 9.47 Å². The van der Waals surface area contributed by atoms with Crippen LogP contribution in [0.4, 0.5) is 4.79 Å². The number of carbonyl (C=O) groups excluding carboxylic acids is 2. The van der Waals surface area contributed by atoms with Gasteiger partial charge in [0.25, 0.3) is 5.91 Å². The van der Waals surface area contributed by atoms with Crippen molar-refractivity contribution in [3.63, 3.8) is 0 Å². The summed E-state index contributed by atoms with van der Waals surface area (Å²) in [7, 11) is 0. The zero-order chi connectivity index (χ0) is 10.8. The fourth-order valence-corrected chi connectivity index (χ4v) is 1.03. The van der Waals surface area contributed by atoms with Crippen LogP contribution in [-0.2, 0) is 14.3 Å². The number of ether oxygens (including phenoxy) is 2. The number of morpholine rings is 1. The van der Waals surface area contributed by atoms with Gasteiger partial charge in [0.05, 0.1) is 13.2 Å². The maximum absolute atomic E-state index is 11.5. The first-order valence-corrected chi connectivity index (χ1v) is 4.51. The molecule has 0 aliphatic carbocycles. The molecule has 0 N–H and O–H groups in total. The maximum Gasteiger partial charge on any atom is 0.417 e. The van der Waals surface area contributed by atoms with Crippen LogP contribution in [0.25, 0.3) is 0 Å². The molecule has 14 heavy (non-hydrogen) atoms. The Balaban J connectivity index is 2.55. The Kier molecular flexibility index (Phi) is 3.10. The van der Waals surface area contributed by atoms with Crippen LogP contribution in [0.2, 0.25) is 0 Å². The summed E-state index contributed by atoms with van der Waals surface area (Å²) in [5.74, 6) is -0.342. The van der Waals surface area contributed by atoms with E-state index in [-0.39, 0.29) is 19.1 Å². The lowest BCUT2D eigenvalue weighted by molar-refractivity contribution is -0.141. The number of rotatable bonds is 0. The number of imide groups is 1. The Labute approximate surface area is 83.0 Å². The fourth-order valence-electron chi connectivity index (χ4n) is 1.03. The number of nitrogens with zero attached hydrogens (tertiary/aromatic N) is 1. The highest BCUT2D eigenvalue weighted by molar-refractivity contribution is 5.93. The second kappa shape index (κ2) is 3.96. The topological polar surface area (TPSA) is 55.8 Å². The summed E-state index contributed by atoms with van der Waals surface area (Å²) in [6.45, 7) is 5.89. The molecule has 5 heteroatoms. The van der Waals surface area contributed by atoms with Gasteiger partial charge in [0.1, 0.15) is 12.2 Å². The molecule has 0 unspecified atom stereocenters. The predicted octanol–water partition coefficient (Wildman–Crippen LogP) is 0.780. The number of hydrogen-bond donors (Lipinski definition) is 0. The lowest BCUT2D eigenvalue weighted by Gasteiger charge is -2.28. The number of amides is 2. The quantitative estimate of drug-likeness (QED) is 0.581. The minimum absolute atomic E-state index is 0.0424. The van der Waals surface area contributed by atoms with Crippen molar-refractivity contribution in [1.29, 1.82) is 0 Å². The Hall–Kier alpha value is -1.10. The second-order valence-electron chi connectivity index (χ2n) is 4.08. The molecule has 0 aromatic carbocycles. The molecule has 1 rings (SSSR count). The molecule has 0 aromatic rings. The van der Waals surface area contributed by atoms with Gasteiger partial charge >= 0.3 is 6.09 Å². The molecule has 5 nitrogen and oxygen atoms in total. The first-order chi connectivity index (χ1) is 6.40. The molecule has 1 aliphatic heterocycles. The van der Waals surface area contributed by atoms with Crippen molar-refractivity contribution in [1.82, 2.24) is 4.90 Å². The third-order valence-corrected chi connectivity index (χ3v) is 1.60. The van der Waals surface area contributed by atoms with Crippen molar-refractivity contribution in [2.75, 3.05) is 19.8 Å². The van der Waals surface area contributed by atoms with Crippen LogP contribution in [0.5, 0.6) is 0 Å². The van der Waals surface area contributed by atoms with E-state index < -0.39 is 11.7 Å². The summed E-state index contributed by atoms with van der Waals surface area (Å²) < 4.78 is 9.95. The average molecular weight is 201 g/mol. The van der Waals surface area contributed by atoms with Crippen LogP contribution >= 0.6 is 0 Å². The van der Waals surface area contributed by atoms with Gasteiger partial charge in [-0.15, -0.1) is 0 Å². The predicted molar refractivity (Wildman–Crippen MR) is 48.8 cm³/mol. The SMILES string of the molecule is CC(C)(C)OC(=O)N1CCOCC1=O. The van der Waals surface area contributed by atoms with Crippen LogP contribution in [0, 0.1) is 0 Å². The van der Waals surface area contributed by atoms with Gasteiger partial charge in [-0.2, -0.15) is 0 Å². The molecular formula is C9H15NO4. The molecule has 2 amide bonds. The van der Waals surface area contributed by atoms with Gasteiger partial charge in [0.2, 0.25) is 0 Å². The third-order valence-electron chi connectivity index (χ3n) is 1.60. The van der Waals surface area contributed by atoms with E-state index in [9.17, 15) is 9.59 Å². The summed E-state index contributed by atoms with van der Waals surface area (Å²) in [6, 6.07) is 0. The highest BCUT2D eigenvalue weighted by atomic mass is 16.6. The van der Waals surface area contributed by atoms with E-state index in [1.165, 1.54) is 0 Å². The van der Waals surface area contributed by atoms with Crippen molar-refractivity contribution in [3.8, 4) is 0 Å². The van der Waals surface area contributed by atoms with Crippen molar-refractivity contribution >= 4 is 12.0 Å². The average Bonchev–Trinajstić information content (AvgIpc) is 2.01. The van der Waals surface area contributed by atoms with Gasteiger partial charge in [0.15, 0.2) is 0 Å². The summed E-state index contributed by atoms with van der Waals surface area (Å²) >= 11 is 0. The lowest BCUT2D eigenvalue weighted by Crippen LogP contribution is -2.47. The molecule has 1 fully saturated rings. The molecule has 0 spiro atoms. The molecule has 0 aromatic heterocycles. The highest BCUT2D eigenvalue weighted by Gasteiger charge is 2.29. The molecule has 0 radical (unpaired) electrons. The number of hydrogen-bond acceptors (Lipinski definition) is 4. The fraction of sp³-hybridized carbons (Fsp3) is 0.778. The first-order valence-electron chi connectivity index (χ1n) is 4.51.